The van der Waals surface area contributed by atoms with Gasteiger partial charge in [0.25, 0.3) is 0 Å². The maximum absolute atomic E-state index is 12.8. The molecule has 1 aliphatic heterocycles. The smallest absolute Gasteiger partial charge is 0.235 e. The third kappa shape index (κ3) is 6.90. The highest BCUT2D eigenvalue weighted by Crippen LogP contribution is 2.21. The largest absolute Gasteiger partial charge is 0.411 e. The summed E-state index contributed by atoms with van der Waals surface area (Å²) in [5.74, 6) is -0.480. The molecule has 6 nitrogen and oxygen atoms in total. The standard InChI is InChI=1S/C20H34N2O4/c1-5-6-7-8-9-10-18(23)16(4)19(24)22-13-11-17(21-25)20(22)26-14-12-15(2)3/h5-6,15-16,20,25H,7-14H2,1-4H3/b6-5+,21-17+. The number of amides is 1. The Morgan fingerprint density at radius 2 is 2.08 bits per heavy atom. The van der Waals surface area contributed by atoms with Crippen LogP contribution >= 0.6 is 0 Å². The minimum absolute atomic E-state index is 0.0363. The second-order valence-corrected chi connectivity index (χ2v) is 7.28. The first-order valence-corrected chi connectivity index (χ1v) is 9.69. The second-order valence-electron chi connectivity index (χ2n) is 7.28. The van der Waals surface area contributed by atoms with Crippen LogP contribution < -0.4 is 0 Å². The van der Waals surface area contributed by atoms with Crippen LogP contribution in [0.3, 0.4) is 0 Å². The van der Waals surface area contributed by atoms with Gasteiger partial charge >= 0.3 is 0 Å². The maximum atomic E-state index is 12.8. The Labute approximate surface area is 157 Å². The van der Waals surface area contributed by atoms with Crippen LogP contribution in [0.4, 0.5) is 0 Å². The zero-order chi connectivity index (χ0) is 19.5. The van der Waals surface area contributed by atoms with Crippen molar-refractivity contribution in [3.63, 3.8) is 0 Å². The summed E-state index contributed by atoms with van der Waals surface area (Å²) in [6.45, 7) is 8.74. The molecule has 1 heterocycles. The van der Waals surface area contributed by atoms with Gasteiger partial charge < -0.3 is 14.8 Å². The number of Topliss-reactive ketones (excluding diaryl/α,β-unsaturated/α-hetero) is 1. The van der Waals surface area contributed by atoms with Crippen LogP contribution in [0.2, 0.25) is 0 Å². The van der Waals surface area contributed by atoms with Crippen molar-refractivity contribution in [2.24, 2.45) is 17.0 Å². The van der Waals surface area contributed by atoms with Crippen LogP contribution in [0.15, 0.2) is 17.3 Å². The average molecular weight is 367 g/mol. The van der Waals surface area contributed by atoms with E-state index in [1.54, 1.807) is 6.92 Å². The molecule has 2 atom stereocenters. The molecule has 1 rings (SSSR count). The molecular weight excluding hydrogens is 332 g/mol. The number of hydrogen-bond acceptors (Lipinski definition) is 5. The summed E-state index contributed by atoms with van der Waals surface area (Å²) in [6.07, 6.45) is 7.87. The van der Waals surface area contributed by atoms with Crippen LogP contribution in [0, 0.1) is 11.8 Å². The summed E-state index contributed by atoms with van der Waals surface area (Å²) in [7, 11) is 0. The van der Waals surface area contributed by atoms with Gasteiger partial charge in [-0.25, -0.2) is 0 Å². The predicted molar refractivity (Wildman–Crippen MR) is 102 cm³/mol. The van der Waals surface area contributed by atoms with Gasteiger partial charge in [-0.3, -0.25) is 9.59 Å². The van der Waals surface area contributed by atoms with E-state index in [1.165, 1.54) is 4.90 Å². The van der Waals surface area contributed by atoms with Gasteiger partial charge in [-0.05, 0) is 45.4 Å². The zero-order valence-corrected chi connectivity index (χ0v) is 16.6. The molecule has 148 valence electrons. The minimum atomic E-state index is -0.689. The topological polar surface area (TPSA) is 79.2 Å². The molecule has 0 bridgehead atoms. The Kier molecular flexibility index (Phi) is 10.2. The van der Waals surface area contributed by atoms with Crippen LogP contribution in [0.5, 0.6) is 0 Å². The molecule has 0 aliphatic carbocycles. The molecule has 0 aromatic carbocycles. The number of unbranched alkanes of at least 4 members (excludes halogenated alkanes) is 2. The number of carbonyl (C=O) groups excluding carboxylic acids is 2. The Hall–Kier alpha value is -1.69. The molecule has 0 radical (unpaired) electrons. The Bertz CT molecular complexity index is 514. The monoisotopic (exact) mass is 366 g/mol. The van der Waals surface area contributed by atoms with Gasteiger partial charge in [0.1, 0.15) is 11.5 Å². The number of oxime groups is 1. The van der Waals surface area contributed by atoms with Gasteiger partial charge in [-0.2, -0.15) is 0 Å². The average Bonchev–Trinajstić information content (AvgIpc) is 3.02. The van der Waals surface area contributed by atoms with E-state index in [0.717, 1.165) is 25.7 Å². The predicted octanol–water partition coefficient (Wildman–Crippen LogP) is 3.78. The number of hydrogen-bond donors (Lipinski definition) is 1. The number of allylic oxidation sites excluding steroid dienone is 2. The summed E-state index contributed by atoms with van der Waals surface area (Å²) in [5.41, 5.74) is 0.452. The van der Waals surface area contributed by atoms with E-state index in [-0.39, 0.29) is 11.7 Å². The van der Waals surface area contributed by atoms with E-state index in [9.17, 15) is 14.8 Å². The van der Waals surface area contributed by atoms with Crippen LogP contribution in [-0.4, -0.2) is 46.9 Å². The fraction of sp³-hybridized carbons (Fsp3) is 0.750. The molecule has 1 amide bonds. The second kappa shape index (κ2) is 11.8. The number of rotatable bonds is 11. The van der Waals surface area contributed by atoms with Gasteiger partial charge in [-0.1, -0.05) is 31.2 Å². The Morgan fingerprint density at radius 3 is 2.69 bits per heavy atom. The van der Waals surface area contributed by atoms with Gasteiger partial charge in [-0.15, -0.1) is 0 Å². The molecule has 0 aromatic rings. The summed E-state index contributed by atoms with van der Waals surface area (Å²) in [4.78, 5) is 26.7. The summed E-state index contributed by atoms with van der Waals surface area (Å²) < 4.78 is 5.80. The van der Waals surface area contributed by atoms with E-state index in [2.05, 4.69) is 25.1 Å². The summed E-state index contributed by atoms with van der Waals surface area (Å²) in [5, 5.41) is 12.5. The molecule has 26 heavy (non-hydrogen) atoms. The van der Waals surface area contributed by atoms with Crippen LogP contribution in [-0.2, 0) is 14.3 Å². The SMILES string of the molecule is C/C=C/CCCCC(=O)C(C)C(=O)N1CC/C(=N\O)C1OCCC(C)C. The fourth-order valence-electron chi connectivity index (χ4n) is 2.91. The van der Waals surface area contributed by atoms with Crippen molar-refractivity contribution in [2.75, 3.05) is 13.2 Å². The molecule has 1 aliphatic rings. The normalized spacial score (nSPS) is 20.4. The third-order valence-electron chi connectivity index (χ3n) is 4.69. The van der Waals surface area contributed by atoms with Crippen molar-refractivity contribution in [2.45, 2.75) is 72.4 Å². The highest BCUT2D eigenvalue weighted by Gasteiger charge is 2.38. The lowest BCUT2D eigenvalue weighted by Crippen LogP contribution is -2.44. The van der Waals surface area contributed by atoms with Crippen LogP contribution in [0.1, 0.15) is 66.2 Å². The van der Waals surface area contributed by atoms with Crippen LogP contribution in [0.25, 0.3) is 0 Å². The van der Waals surface area contributed by atoms with Gasteiger partial charge in [0.2, 0.25) is 5.91 Å². The molecule has 0 saturated carbocycles. The summed E-state index contributed by atoms with van der Waals surface area (Å²) >= 11 is 0. The van der Waals surface area contributed by atoms with Crippen molar-refractivity contribution in [1.82, 2.24) is 4.90 Å². The lowest BCUT2D eigenvalue weighted by atomic mass is 9.99. The van der Waals surface area contributed by atoms with Gasteiger partial charge in [0.15, 0.2) is 6.23 Å². The first-order chi connectivity index (χ1) is 12.4. The number of carbonyl (C=O) groups is 2. The van der Waals surface area contributed by atoms with Gasteiger partial charge in [0, 0.05) is 26.0 Å². The lowest BCUT2D eigenvalue weighted by molar-refractivity contribution is -0.146. The number of ether oxygens (including phenoxy) is 1. The van der Waals surface area contributed by atoms with E-state index in [0.29, 0.717) is 37.6 Å². The van der Waals surface area contributed by atoms with E-state index in [4.69, 9.17) is 4.74 Å². The van der Waals surface area contributed by atoms with Crippen molar-refractivity contribution in [3.05, 3.63) is 12.2 Å². The van der Waals surface area contributed by atoms with E-state index >= 15 is 0 Å². The minimum Gasteiger partial charge on any atom is -0.411 e. The third-order valence-corrected chi connectivity index (χ3v) is 4.69. The number of ketones is 1. The quantitative estimate of drug-likeness (QED) is 0.198. The van der Waals surface area contributed by atoms with Crippen molar-refractivity contribution < 1.29 is 19.5 Å². The Morgan fingerprint density at radius 1 is 1.35 bits per heavy atom. The summed E-state index contributed by atoms with van der Waals surface area (Å²) in [6, 6.07) is 0. The number of likely N-dealkylation sites (tertiary alicyclic amines) is 1. The molecule has 6 heteroatoms. The van der Waals surface area contributed by atoms with Crippen molar-refractivity contribution in [3.8, 4) is 0 Å². The highest BCUT2D eigenvalue weighted by atomic mass is 16.5. The number of nitrogens with zero attached hydrogens (tertiary/aromatic N) is 2. The molecular formula is C20H34N2O4. The van der Waals surface area contributed by atoms with Crippen molar-refractivity contribution >= 4 is 17.4 Å². The molecule has 1 saturated heterocycles. The van der Waals surface area contributed by atoms with Gasteiger partial charge in [0.05, 0.1) is 5.92 Å². The maximum Gasteiger partial charge on any atom is 0.235 e. The first kappa shape index (κ1) is 22.4. The first-order valence-electron chi connectivity index (χ1n) is 9.69. The fourth-order valence-corrected chi connectivity index (χ4v) is 2.91. The lowest BCUT2D eigenvalue weighted by Gasteiger charge is -2.27. The molecule has 0 spiro atoms. The highest BCUT2D eigenvalue weighted by molar-refractivity contribution is 6.04. The van der Waals surface area contributed by atoms with E-state index < -0.39 is 12.1 Å². The Balaban J connectivity index is 2.59. The molecule has 1 N–H and O–H groups in total. The molecule has 2 unspecified atom stereocenters. The van der Waals surface area contributed by atoms with E-state index in [1.807, 2.05) is 13.0 Å². The molecule has 1 fully saturated rings. The van der Waals surface area contributed by atoms with Crippen molar-refractivity contribution in [1.29, 1.82) is 0 Å². The molecule has 0 aromatic heterocycles. The zero-order valence-electron chi connectivity index (χ0n) is 16.6.